The van der Waals surface area contributed by atoms with Gasteiger partial charge in [0, 0.05) is 6.42 Å². The van der Waals surface area contributed by atoms with Gasteiger partial charge in [0.05, 0.1) is 6.61 Å². The molecule has 1 aromatic carbocycles. The van der Waals surface area contributed by atoms with Gasteiger partial charge in [0.2, 0.25) is 0 Å². The molecule has 1 N–H and O–H groups in total. The molecule has 1 aliphatic rings. The predicted molar refractivity (Wildman–Crippen MR) is 54.3 cm³/mol. The lowest BCUT2D eigenvalue weighted by Crippen LogP contribution is -2.37. The predicted octanol–water partition coefficient (Wildman–Crippen LogP) is 1.06. The van der Waals surface area contributed by atoms with Crippen molar-refractivity contribution in [2.75, 3.05) is 6.61 Å². The SMILES string of the molecule is CCONC(=O)C1Cc2ccccc2O1. The molecular weight excluding hydrogens is 194 g/mol. The van der Waals surface area contributed by atoms with Crippen molar-refractivity contribution < 1.29 is 14.4 Å². The maximum absolute atomic E-state index is 11.5. The fraction of sp³-hybridized carbons (Fsp3) is 0.364. The van der Waals surface area contributed by atoms with Gasteiger partial charge < -0.3 is 4.74 Å². The molecule has 0 saturated carbocycles. The van der Waals surface area contributed by atoms with Crippen LogP contribution in [0.25, 0.3) is 0 Å². The van der Waals surface area contributed by atoms with Gasteiger partial charge in [-0.15, -0.1) is 0 Å². The van der Waals surface area contributed by atoms with E-state index in [1.807, 2.05) is 31.2 Å². The van der Waals surface area contributed by atoms with Gasteiger partial charge in [0.15, 0.2) is 6.10 Å². The van der Waals surface area contributed by atoms with Gasteiger partial charge in [-0.05, 0) is 18.6 Å². The largest absolute Gasteiger partial charge is 0.480 e. The summed E-state index contributed by atoms with van der Waals surface area (Å²) < 4.78 is 5.47. The van der Waals surface area contributed by atoms with Crippen LogP contribution in [0.4, 0.5) is 0 Å². The first kappa shape index (κ1) is 9.98. The molecule has 15 heavy (non-hydrogen) atoms. The lowest BCUT2D eigenvalue weighted by Gasteiger charge is -2.09. The second kappa shape index (κ2) is 4.31. The van der Waals surface area contributed by atoms with Gasteiger partial charge in [-0.3, -0.25) is 9.63 Å². The zero-order chi connectivity index (χ0) is 10.7. The van der Waals surface area contributed by atoms with E-state index in [0.29, 0.717) is 13.0 Å². The number of fused-ring (bicyclic) bond motifs is 1. The molecule has 4 heteroatoms. The normalized spacial score (nSPS) is 18.1. The highest BCUT2D eigenvalue weighted by molar-refractivity contribution is 5.81. The summed E-state index contributed by atoms with van der Waals surface area (Å²) in [6, 6.07) is 7.65. The van der Waals surface area contributed by atoms with E-state index in [4.69, 9.17) is 9.57 Å². The Morgan fingerprint density at radius 2 is 2.40 bits per heavy atom. The summed E-state index contributed by atoms with van der Waals surface area (Å²) in [6.45, 7) is 2.26. The number of amides is 1. The van der Waals surface area contributed by atoms with Gasteiger partial charge in [-0.2, -0.15) is 0 Å². The van der Waals surface area contributed by atoms with Crippen molar-refractivity contribution in [3.8, 4) is 5.75 Å². The van der Waals surface area contributed by atoms with Gasteiger partial charge in [-0.25, -0.2) is 5.48 Å². The summed E-state index contributed by atoms with van der Waals surface area (Å²) in [5.74, 6) is 0.558. The zero-order valence-corrected chi connectivity index (χ0v) is 8.53. The van der Waals surface area contributed by atoms with Crippen LogP contribution in [0.2, 0.25) is 0 Å². The molecule has 1 aliphatic heterocycles. The van der Waals surface area contributed by atoms with Crippen LogP contribution in [0.15, 0.2) is 24.3 Å². The number of ether oxygens (including phenoxy) is 1. The minimum atomic E-state index is -0.464. The minimum absolute atomic E-state index is 0.229. The second-order valence-electron chi connectivity index (χ2n) is 3.32. The van der Waals surface area contributed by atoms with Crippen LogP contribution in [0.1, 0.15) is 12.5 Å². The molecular formula is C11H13NO3. The lowest BCUT2D eigenvalue weighted by atomic mass is 10.1. The Bertz CT molecular complexity index is 340. The van der Waals surface area contributed by atoms with Crippen molar-refractivity contribution in [1.82, 2.24) is 5.48 Å². The average molecular weight is 207 g/mol. The molecule has 0 bridgehead atoms. The molecule has 80 valence electrons. The van der Waals surface area contributed by atoms with Gasteiger partial charge in [0.25, 0.3) is 5.91 Å². The van der Waals surface area contributed by atoms with Crippen LogP contribution in [-0.4, -0.2) is 18.6 Å². The summed E-state index contributed by atoms with van der Waals surface area (Å²) in [6.07, 6.45) is 0.142. The number of carbonyl (C=O) groups is 1. The monoisotopic (exact) mass is 207 g/mol. The third kappa shape index (κ3) is 2.10. The van der Waals surface area contributed by atoms with E-state index >= 15 is 0 Å². The van der Waals surface area contributed by atoms with Crippen LogP contribution in [0.5, 0.6) is 5.75 Å². The summed E-state index contributed by atoms with van der Waals surface area (Å²) in [7, 11) is 0. The first-order valence-corrected chi connectivity index (χ1v) is 4.97. The number of carbonyl (C=O) groups excluding carboxylic acids is 1. The highest BCUT2D eigenvalue weighted by atomic mass is 16.7. The molecule has 0 aromatic heterocycles. The van der Waals surface area contributed by atoms with Crippen LogP contribution < -0.4 is 10.2 Å². The smallest absolute Gasteiger partial charge is 0.284 e. The van der Waals surface area contributed by atoms with Crippen molar-refractivity contribution in [2.45, 2.75) is 19.4 Å². The number of benzene rings is 1. The Morgan fingerprint density at radius 3 is 3.13 bits per heavy atom. The molecule has 0 spiro atoms. The minimum Gasteiger partial charge on any atom is -0.480 e. The maximum Gasteiger partial charge on any atom is 0.284 e. The Morgan fingerprint density at radius 1 is 1.60 bits per heavy atom. The number of rotatable bonds is 3. The molecule has 4 nitrogen and oxygen atoms in total. The summed E-state index contributed by atoms with van der Waals surface area (Å²) in [5, 5.41) is 0. The van der Waals surface area contributed by atoms with E-state index < -0.39 is 6.10 Å². The highest BCUT2D eigenvalue weighted by Crippen LogP contribution is 2.27. The van der Waals surface area contributed by atoms with Crippen LogP contribution in [-0.2, 0) is 16.1 Å². The van der Waals surface area contributed by atoms with Crippen molar-refractivity contribution in [3.63, 3.8) is 0 Å². The van der Waals surface area contributed by atoms with Gasteiger partial charge in [0.1, 0.15) is 5.75 Å². The number of para-hydroxylation sites is 1. The second-order valence-corrected chi connectivity index (χ2v) is 3.32. The topological polar surface area (TPSA) is 47.6 Å². The number of hydroxylamine groups is 1. The molecule has 1 unspecified atom stereocenters. The molecule has 1 heterocycles. The van der Waals surface area contributed by atoms with E-state index in [0.717, 1.165) is 11.3 Å². The number of hydrogen-bond acceptors (Lipinski definition) is 3. The van der Waals surface area contributed by atoms with E-state index in [1.165, 1.54) is 0 Å². The Hall–Kier alpha value is -1.55. The summed E-state index contributed by atoms with van der Waals surface area (Å²) in [5.41, 5.74) is 3.41. The first-order chi connectivity index (χ1) is 7.31. The molecule has 0 aliphatic carbocycles. The third-order valence-corrected chi connectivity index (χ3v) is 2.26. The van der Waals surface area contributed by atoms with Gasteiger partial charge >= 0.3 is 0 Å². The first-order valence-electron chi connectivity index (χ1n) is 4.97. The molecule has 1 amide bonds. The standard InChI is InChI=1S/C11H13NO3/c1-2-14-12-11(13)10-7-8-5-3-4-6-9(8)15-10/h3-6,10H,2,7H2,1H3,(H,12,13). The Kier molecular flexibility index (Phi) is 2.87. The molecule has 1 aromatic rings. The van der Waals surface area contributed by atoms with Crippen molar-refractivity contribution in [2.24, 2.45) is 0 Å². The van der Waals surface area contributed by atoms with Crippen molar-refractivity contribution in [1.29, 1.82) is 0 Å². The summed E-state index contributed by atoms with van der Waals surface area (Å²) >= 11 is 0. The van der Waals surface area contributed by atoms with E-state index in [1.54, 1.807) is 0 Å². The fourth-order valence-electron chi connectivity index (χ4n) is 1.54. The third-order valence-electron chi connectivity index (χ3n) is 2.26. The van der Waals surface area contributed by atoms with Crippen LogP contribution in [0.3, 0.4) is 0 Å². The number of hydrogen-bond donors (Lipinski definition) is 1. The van der Waals surface area contributed by atoms with E-state index in [2.05, 4.69) is 5.48 Å². The van der Waals surface area contributed by atoms with E-state index in [-0.39, 0.29) is 5.91 Å². The zero-order valence-electron chi connectivity index (χ0n) is 8.53. The number of nitrogens with one attached hydrogen (secondary N) is 1. The maximum atomic E-state index is 11.5. The highest BCUT2D eigenvalue weighted by Gasteiger charge is 2.28. The molecule has 0 saturated heterocycles. The van der Waals surface area contributed by atoms with Crippen molar-refractivity contribution in [3.05, 3.63) is 29.8 Å². The molecule has 0 fully saturated rings. The Balaban J connectivity index is 1.98. The lowest BCUT2D eigenvalue weighted by molar-refractivity contribution is -0.139. The van der Waals surface area contributed by atoms with Crippen LogP contribution in [0, 0.1) is 0 Å². The van der Waals surface area contributed by atoms with Crippen LogP contribution >= 0.6 is 0 Å². The van der Waals surface area contributed by atoms with Gasteiger partial charge in [-0.1, -0.05) is 18.2 Å². The van der Waals surface area contributed by atoms with E-state index in [9.17, 15) is 4.79 Å². The van der Waals surface area contributed by atoms with Crippen molar-refractivity contribution >= 4 is 5.91 Å². The summed E-state index contributed by atoms with van der Waals surface area (Å²) in [4.78, 5) is 16.3. The Labute approximate surface area is 88.1 Å². The molecule has 1 atom stereocenters. The molecule has 2 rings (SSSR count). The quantitative estimate of drug-likeness (QED) is 0.754. The fourth-order valence-corrected chi connectivity index (χ4v) is 1.54. The molecule has 0 radical (unpaired) electrons. The average Bonchev–Trinajstić information content (AvgIpc) is 2.69.